The lowest BCUT2D eigenvalue weighted by Gasteiger charge is -1.99. The molecule has 0 spiro atoms. The first kappa shape index (κ1) is 9.37. The van der Waals surface area contributed by atoms with Gasteiger partial charge in [0.05, 0.1) is 0 Å². The van der Waals surface area contributed by atoms with Crippen LogP contribution in [0.2, 0.25) is 0 Å². The number of thiol groups is 1. The van der Waals surface area contributed by atoms with Crippen molar-refractivity contribution < 1.29 is 4.21 Å². The van der Waals surface area contributed by atoms with Crippen molar-refractivity contribution in [2.75, 3.05) is 5.75 Å². The molecule has 56 valence electrons. The predicted octanol–water partition coefficient (Wildman–Crippen LogP) is 1.37. The van der Waals surface area contributed by atoms with Gasteiger partial charge in [-0.2, -0.15) is 0 Å². The Hall–Kier alpha value is 0.370. The molecule has 0 amide bonds. The van der Waals surface area contributed by atoms with Crippen LogP contribution in [0.4, 0.5) is 0 Å². The molecule has 0 N–H and O–H groups in total. The molecule has 0 saturated heterocycles. The molecule has 9 heavy (non-hydrogen) atoms. The van der Waals surface area contributed by atoms with Crippen molar-refractivity contribution in [2.45, 2.75) is 26.7 Å². The second kappa shape index (κ2) is 5.18. The summed E-state index contributed by atoms with van der Waals surface area (Å²) in [5, 5.41) is 0. The Morgan fingerprint density at radius 1 is 1.56 bits per heavy atom. The highest BCUT2D eigenvalue weighted by atomic mass is 32.8. The summed E-state index contributed by atoms with van der Waals surface area (Å²) in [6.07, 6.45) is 2.17. The zero-order valence-electron chi connectivity index (χ0n) is 5.96. The van der Waals surface area contributed by atoms with E-state index in [-0.39, 0.29) is 0 Å². The van der Waals surface area contributed by atoms with Crippen LogP contribution in [-0.2, 0) is 20.5 Å². The predicted molar refractivity (Wildman–Crippen MR) is 45.8 cm³/mol. The van der Waals surface area contributed by atoms with E-state index in [0.29, 0.717) is 0 Å². The molecule has 1 nitrogen and oxygen atoms in total. The van der Waals surface area contributed by atoms with Gasteiger partial charge in [-0.3, -0.25) is 4.21 Å². The van der Waals surface area contributed by atoms with Crippen molar-refractivity contribution >= 4 is 20.5 Å². The normalized spacial score (nSPS) is 14.1. The monoisotopic (exact) mass is 166 g/mol. The molecule has 0 aliphatic carbocycles. The highest BCUT2D eigenvalue weighted by molar-refractivity contribution is 8.21. The quantitative estimate of drug-likeness (QED) is 0.635. The molecule has 0 heterocycles. The third-order valence-corrected chi connectivity index (χ3v) is 2.35. The molecule has 0 aromatic heterocycles. The van der Waals surface area contributed by atoms with E-state index in [0.717, 1.165) is 24.5 Å². The molecule has 0 radical (unpaired) electrons. The summed E-state index contributed by atoms with van der Waals surface area (Å²) in [5.74, 6) is 1.44. The van der Waals surface area contributed by atoms with Gasteiger partial charge in [0.2, 0.25) is 0 Å². The van der Waals surface area contributed by atoms with E-state index < -0.39 is 9.36 Å². The van der Waals surface area contributed by atoms with Crippen LogP contribution in [0.5, 0.6) is 0 Å². The Bertz CT molecular complexity index is 119. The van der Waals surface area contributed by atoms with Crippen molar-refractivity contribution in [3.63, 3.8) is 0 Å². The van der Waals surface area contributed by atoms with E-state index in [1.54, 1.807) is 0 Å². The molecule has 0 bridgehead atoms. The van der Waals surface area contributed by atoms with E-state index in [4.69, 9.17) is 0 Å². The van der Waals surface area contributed by atoms with Crippen LogP contribution in [0.3, 0.4) is 0 Å². The Morgan fingerprint density at radius 2 is 2.11 bits per heavy atom. The van der Waals surface area contributed by atoms with Crippen LogP contribution >= 0.6 is 0 Å². The first-order valence-electron chi connectivity index (χ1n) is 3.24. The van der Waals surface area contributed by atoms with Crippen LogP contribution in [0.25, 0.3) is 0 Å². The van der Waals surface area contributed by atoms with Crippen molar-refractivity contribution in [3.8, 4) is 0 Å². The zero-order chi connectivity index (χ0) is 7.28. The minimum atomic E-state index is -1.30. The fraction of sp³-hybridized carbons (Fsp3) is 1.00. The van der Waals surface area contributed by atoms with Crippen LogP contribution in [0, 0.1) is 5.92 Å². The minimum Gasteiger partial charge on any atom is -0.260 e. The Labute approximate surface area is 63.5 Å². The SMILES string of the molecule is CC(C)CCC[SH](=O)=S. The fourth-order valence-corrected chi connectivity index (χ4v) is 1.46. The average molecular weight is 166 g/mol. The van der Waals surface area contributed by atoms with Gasteiger partial charge in [0.1, 0.15) is 0 Å². The van der Waals surface area contributed by atoms with E-state index >= 15 is 0 Å². The Balaban J connectivity index is 3.10. The van der Waals surface area contributed by atoms with Crippen LogP contribution in [0.1, 0.15) is 26.7 Å². The summed E-state index contributed by atoms with van der Waals surface area (Å²) >= 11 is 4.54. The molecule has 0 aliphatic rings. The molecule has 0 aliphatic heterocycles. The summed E-state index contributed by atoms with van der Waals surface area (Å²) in [5.41, 5.74) is 0. The maximum atomic E-state index is 10.4. The van der Waals surface area contributed by atoms with Crippen molar-refractivity contribution in [1.82, 2.24) is 0 Å². The molecule has 0 fully saturated rings. The highest BCUT2D eigenvalue weighted by Gasteiger charge is 1.92. The molecular formula is C6H14OS2. The summed E-state index contributed by atoms with van der Waals surface area (Å²) in [7, 11) is -1.30. The van der Waals surface area contributed by atoms with E-state index in [9.17, 15) is 4.21 Å². The molecule has 0 rings (SSSR count). The Morgan fingerprint density at radius 3 is 2.44 bits per heavy atom. The van der Waals surface area contributed by atoms with Gasteiger partial charge in [-0.15, -0.1) is 0 Å². The highest BCUT2D eigenvalue weighted by Crippen LogP contribution is 2.02. The maximum Gasteiger partial charge on any atom is 0.0232 e. The first-order valence-corrected chi connectivity index (χ1v) is 5.70. The molecule has 0 saturated carbocycles. The van der Waals surface area contributed by atoms with Gasteiger partial charge in [-0.05, 0) is 23.5 Å². The van der Waals surface area contributed by atoms with Gasteiger partial charge in [-0.1, -0.05) is 20.3 Å². The van der Waals surface area contributed by atoms with Crippen molar-refractivity contribution in [2.24, 2.45) is 5.92 Å². The third-order valence-electron chi connectivity index (χ3n) is 1.12. The van der Waals surface area contributed by atoms with Gasteiger partial charge in [0, 0.05) is 15.1 Å². The molecule has 0 aromatic rings. The zero-order valence-corrected chi connectivity index (χ0v) is 7.67. The van der Waals surface area contributed by atoms with Gasteiger partial charge < -0.3 is 0 Å². The van der Waals surface area contributed by atoms with Gasteiger partial charge in [0.15, 0.2) is 0 Å². The standard InChI is InChI=1S/C6H14OS2/c1-6(2)4-3-5-9(7)8/h6,9H,3-5H2,1-2H3. The van der Waals surface area contributed by atoms with Crippen molar-refractivity contribution in [1.29, 1.82) is 0 Å². The average Bonchev–Trinajstić information content (AvgIpc) is 1.63. The molecule has 3 heteroatoms. The fourth-order valence-electron chi connectivity index (χ4n) is 0.629. The second-order valence-corrected chi connectivity index (χ2v) is 4.93. The lowest BCUT2D eigenvalue weighted by Crippen LogP contribution is -1.91. The molecule has 1 unspecified atom stereocenters. The molecule has 1 atom stereocenters. The topological polar surface area (TPSA) is 17.1 Å². The Kier molecular flexibility index (Phi) is 5.39. The number of hydrogen-bond donors (Lipinski definition) is 1. The summed E-state index contributed by atoms with van der Waals surface area (Å²) < 4.78 is 10.4. The third kappa shape index (κ3) is 8.37. The molecular weight excluding hydrogens is 152 g/mol. The van der Waals surface area contributed by atoms with E-state index in [1.165, 1.54) is 0 Å². The van der Waals surface area contributed by atoms with Gasteiger partial charge >= 0.3 is 0 Å². The second-order valence-electron chi connectivity index (χ2n) is 2.59. The largest absolute Gasteiger partial charge is 0.260 e. The van der Waals surface area contributed by atoms with Crippen LogP contribution in [-0.4, -0.2) is 9.96 Å². The summed E-state index contributed by atoms with van der Waals surface area (Å²) in [4.78, 5) is 0. The van der Waals surface area contributed by atoms with Crippen LogP contribution in [0.15, 0.2) is 0 Å². The van der Waals surface area contributed by atoms with Gasteiger partial charge in [-0.25, -0.2) is 0 Å². The number of rotatable bonds is 4. The summed E-state index contributed by atoms with van der Waals surface area (Å²) in [6.45, 7) is 4.33. The van der Waals surface area contributed by atoms with Crippen LogP contribution < -0.4 is 0 Å². The summed E-state index contributed by atoms with van der Waals surface area (Å²) in [6, 6.07) is 0. The lowest BCUT2D eigenvalue weighted by molar-refractivity contribution is 0.577. The smallest absolute Gasteiger partial charge is 0.0232 e. The first-order chi connectivity index (χ1) is 4.13. The van der Waals surface area contributed by atoms with E-state index in [2.05, 4.69) is 25.0 Å². The maximum absolute atomic E-state index is 10.4. The lowest BCUT2D eigenvalue weighted by atomic mass is 10.1. The minimum absolute atomic E-state index is 0.718. The molecule has 0 aromatic carbocycles. The number of hydrogen-bond acceptors (Lipinski definition) is 2. The van der Waals surface area contributed by atoms with E-state index in [1.807, 2.05) is 0 Å². The van der Waals surface area contributed by atoms with Crippen molar-refractivity contribution in [3.05, 3.63) is 0 Å². The van der Waals surface area contributed by atoms with Gasteiger partial charge in [0.25, 0.3) is 0 Å².